The molecule has 1 aromatic heterocycles. The second kappa shape index (κ2) is 3.61. The van der Waals surface area contributed by atoms with Gasteiger partial charge in [-0.15, -0.1) is 0 Å². The van der Waals surface area contributed by atoms with Crippen molar-refractivity contribution in [1.82, 2.24) is 4.98 Å². The van der Waals surface area contributed by atoms with Gasteiger partial charge in [0.25, 0.3) is 0 Å². The van der Waals surface area contributed by atoms with Crippen LogP contribution in [-0.2, 0) is 0 Å². The van der Waals surface area contributed by atoms with Gasteiger partial charge in [0.2, 0.25) is 5.95 Å². The molecule has 15 heavy (non-hydrogen) atoms. The van der Waals surface area contributed by atoms with Gasteiger partial charge in [0.15, 0.2) is 0 Å². The van der Waals surface area contributed by atoms with Gasteiger partial charge < -0.3 is 0 Å². The number of hydrogen-bond donors (Lipinski definition) is 0. The van der Waals surface area contributed by atoms with Gasteiger partial charge in [0, 0.05) is 17.1 Å². The fraction of sp³-hybridized carbons (Fsp3) is 0.308. The molecule has 2 heteroatoms. The Bertz CT molecular complexity index is 503. The lowest BCUT2D eigenvalue weighted by atomic mass is 9.99. The van der Waals surface area contributed by atoms with Gasteiger partial charge in [-0.2, -0.15) is 4.39 Å². The molecule has 0 fully saturated rings. The van der Waals surface area contributed by atoms with Crippen LogP contribution in [0.4, 0.5) is 4.39 Å². The number of rotatable bonds is 1. The third-order valence-corrected chi connectivity index (χ3v) is 2.68. The van der Waals surface area contributed by atoms with Crippen molar-refractivity contribution < 1.29 is 4.39 Å². The predicted molar refractivity (Wildman–Crippen MR) is 60.5 cm³/mol. The number of aryl methyl sites for hydroxylation is 1. The van der Waals surface area contributed by atoms with Gasteiger partial charge in [0.05, 0.1) is 0 Å². The number of hydrogen-bond acceptors (Lipinski definition) is 1. The van der Waals surface area contributed by atoms with Crippen molar-refractivity contribution in [2.75, 3.05) is 0 Å². The van der Waals surface area contributed by atoms with Crippen molar-refractivity contribution in [3.63, 3.8) is 0 Å². The quantitative estimate of drug-likeness (QED) is 0.642. The minimum absolute atomic E-state index is 0.402. The van der Waals surface area contributed by atoms with E-state index in [1.165, 1.54) is 11.6 Å². The SMILES string of the molecule is Cc1nc(F)cc2cc(C(C)C)ccc12. The molecule has 0 unspecified atom stereocenters. The maximum absolute atomic E-state index is 13.1. The Labute approximate surface area is 89.0 Å². The molecule has 0 aliphatic rings. The largest absolute Gasteiger partial charge is 0.224 e. The zero-order valence-corrected chi connectivity index (χ0v) is 9.21. The number of nitrogens with zero attached hydrogens (tertiary/aromatic N) is 1. The highest BCUT2D eigenvalue weighted by Gasteiger charge is 2.05. The van der Waals surface area contributed by atoms with Crippen LogP contribution in [0.1, 0.15) is 31.0 Å². The second-order valence-corrected chi connectivity index (χ2v) is 4.17. The first kappa shape index (κ1) is 10.1. The van der Waals surface area contributed by atoms with Gasteiger partial charge in [-0.05, 0) is 23.8 Å². The second-order valence-electron chi connectivity index (χ2n) is 4.17. The summed E-state index contributed by atoms with van der Waals surface area (Å²) < 4.78 is 13.1. The zero-order valence-electron chi connectivity index (χ0n) is 9.21. The minimum atomic E-state index is -0.402. The van der Waals surface area contributed by atoms with Gasteiger partial charge in [-0.3, -0.25) is 0 Å². The first-order chi connectivity index (χ1) is 7.08. The molecule has 2 rings (SSSR count). The minimum Gasteiger partial charge on any atom is -0.224 e. The van der Waals surface area contributed by atoms with E-state index in [2.05, 4.69) is 24.9 Å². The molecule has 0 amide bonds. The standard InChI is InChI=1S/C13H14FN/c1-8(2)10-4-5-12-9(3)15-13(14)7-11(12)6-10/h4-8H,1-3H3. The average molecular weight is 203 g/mol. The molecule has 0 atom stereocenters. The summed E-state index contributed by atoms with van der Waals surface area (Å²) in [7, 11) is 0. The van der Waals surface area contributed by atoms with Crippen LogP contribution in [0.5, 0.6) is 0 Å². The van der Waals surface area contributed by atoms with Crippen LogP contribution in [0.2, 0.25) is 0 Å². The molecule has 0 N–H and O–H groups in total. The summed E-state index contributed by atoms with van der Waals surface area (Å²) in [6.45, 7) is 6.09. The van der Waals surface area contributed by atoms with E-state index in [-0.39, 0.29) is 0 Å². The fourth-order valence-corrected chi connectivity index (χ4v) is 1.77. The third kappa shape index (κ3) is 1.84. The van der Waals surface area contributed by atoms with Crippen LogP contribution < -0.4 is 0 Å². The molecule has 0 aliphatic heterocycles. The van der Waals surface area contributed by atoms with Crippen LogP contribution in [0.25, 0.3) is 10.8 Å². The van der Waals surface area contributed by atoms with Crippen molar-refractivity contribution in [3.05, 3.63) is 41.5 Å². The summed E-state index contributed by atoms with van der Waals surface area (Å²) in [5.41, 5.74) is 1.98. The van der Waals surface area contributed by atoms with Crippen LogP contribution in [0.15, 0.2) is 24.3 Å². The highest BCUT2D eigenvalue weighted by atomic mass is 19.1. The maximum atomic E-state index is 13.1. The molecule has 0 bridgehead atoms. The fourth-order valence-electron chi connectivity index (χ4n) is 1.77. The van der Waals surface area contributed by atoms with E-state index in [0.717, 1.165) is 16.5 Å². The molecule has 0 aliphatic carbocycles. The van der Waals surface area contributed by atoms with E-state index in [1.807, 2.05) is 19.1 Å². The van der Waals surface area contributed by atoms with Gasteiger partial charge in [0.1, 0.15) is 0 Å². The van der Waals surface area contributed by atoms with Crippen LogP contribution in [0, 0.1) is 12.9 Å². The number of benzene rings is 1. The van der Waals surface area contributed by atoms with Crippen LogP contribution in [0.3, 0.4) is 0 Å². The van der Waals surface area contributed by atoms with E-state index in [9.17, 15) is 4.39 Å². The average Bonchev–Trinajstić information content (AvgIpc) is 2.16. The Morgan fingerprint density at radius 1 is 1.20 bits per heavy atom. The Balaban J connectivity index is 2.71. The number of halogens is 1. The molecule has 1 nitrogen and oxygen atoms in total. The zero-order chi connectivity index (χ0) is 11.0. The van der Waals surface area contributed by atoms with Crippen molar-refractivity contribution in [2.45, 2.75) is 26.7 Å². The van der Waals surface area contributed by atoms with Crippen molar-refractivity contribution in [2.24, 2.45) is 0 Å². The molecule has 1 heterocycles. The lowest BCUT2D eigenvalue weighted by molar-refractivity contribution is 0.583. The summed E-state index contributed by atoms with van der Waals surface area (Å²) in [6.07, 6.45) is 0. The first-order valence-corrected chi connectivity index (χ1v) is 5.14. The van der Waals surface area contributed by atoms with E-state index < -0.39 is 5.95 Å². The topological polar surface area (TPSA) is 12.9 Å². The summed E-state index contributed by atoms with van der Waals surface area (Å²) in [5.74, 6) is 0.0619. The van der Waals surface area contributed by atoms with E-state index >= 15 is 0 Å². The molecule has 2 aromatic rings. The first-order valence-electron chi connectivity index (χ1n) is 5.14. The summed E-state index contributed by atoms with van der Waals surface area (Å²) >= 11 is 0. The highest BCUT2D eigenvalue weighted by Crippen LogP contribution is 2.23. The normalized spacial score (nSPS) is 11.3. The Morgan fingerprint density at radius 3 is 2.60 bits per heavy atom. The van der Waals surface area contributed by atoms with E-state index in [4.69, 9.17) is 0 Å². The highest BCUT2D eigenvalue weighted by molar-refractivity contribution is 5.85. The van der Waals surface area contributed by atoms with Crippen LogP contribution >= 0.6 is 0 Å². The van der Waals surface area contributed by atoms with E-state index in [1.54, 1.807) is 0 Å². The summed E-state index contributed by atoms with van der Waals surface area (Å²) in [6, 6.07) is 7.64. The maximum Gasteiger partial charge on any atom is 0.213 e. The molecular formula is C13H14FN. The molecule has 0 radical (unpaired) electrons. The smallest absolute Gasteiger partial charge is 0.213 e. The molecule has 78 valence electrons. The summed E-state index contributed by atoms with van der Waals surface area (Å²) in [4.78, 5) is 3.81. The summed E-state index contributed by atoms with van der Waals surface area (Å²) in [5, 5.41) is 1.96. The predicted octanol–water partition coefficient (Wildman–Crippen LogP) is 3.81. The number of pyridine rings is 1. The van der Waals surface area contributed by atoms with E-state index in [0.29, 0.717) is 5.92 Å². The number of aromatic nitrogens is 1. The van der Waals surface area contributed by atoms with Gasteiger partial charge in [-0.1, -0.05) is 32.0 Å². The molecule has 0 saturated carbocycles. The lowest BCUT2D eigenvalue weighted by Crippen LogP contribution is -1.92. The molecule has 1 aromatic carbocycles. The lowest BCUT2D eigenvalue weighted by Gasteiger charge is -2.08. The van der Waals surface area contributed by atoms with Gasteiger partial charge >= 0.3 is 0 Å². The Hall–Kier alpha value is -1.44. The molecular weight excluding hydrogens is 189 g/mol. The molecule has 0 spiro atoms. The van der Waals surface area contributed by atoms with Crippen molar-refractivity contribution in [3.8, 4) is 0 Å². The van der Waals surface area contributed by atoms with Crippen molar-refractivity contribution >= 4 is 10.8 Å². The third-order valence-electron chi connectivity index (χ3n) is 2.68. The Morgan fingerprint density at radius 2 is 1.93 bits per heavy atom. The Kier molecular flexibility index (Phi) is 2.43. The monoisotopic (exact) mass is 203 g/mol. The van der Waals surface area contributed by atoms with Crippen LogP contribution in [-0.4, -0.2) is 4.98 Å². The number of fused-ring (bicyclic) bond motifs is 1. The van der Waals surface area contributed by atoms with Gasteiger partial charge in [-0.25, -0.2) is 4.98 Å². The van der Waals surface area contributed by atoms with Crippen molar-refractivity contribution in [1.29, 1.82) is 0 Å². The molecule has 0 saturated heterocycles.